The third-order valence-corrected chi connectivity index (χ3v) is 4.15. The molecule has 0 bridgehead atoms. The molecule has 0 aliphatic carbocycles. The van der Waals surface area contributed by atoms with Crippen LogP contribution in [-0.2, 0) is 4.79 Å². The molecule has 1 amide bonds. The van der Waals surface area contributed by atoms with Gasteiger partial charge in [-0.15, -0.1) is 0 Å². The summed E-state index contributed by atoms with van der Waals surface area (Å²) in [6, 6.07) is 12.9. The minimum atomic E-state index is -0.432. The van der Waals surface area contributed by atoms with Crippen LogP contribution in [0.5, 0.6) is 5.75 Å². The highest BCUT2D eigenvalue weighted by Crippen LogP contribution is 2.24. The summed E-state index contributed by atoms with van der Waals surface area (Å²) in [6.07, 6.45) is 1.30. The number of benzene rings is 2. The van der Waals surface area contributed by atoms with Crippen molar-refractivity contribution in [2.75, 3.05) is 12.0 Å². The molecule has 0 aliphatic heterocycles. The molecular formula is C20H21N3O3. The van der Waals surface area contributed by atoms with Crippen molar-refractivity contribution in [1.82, 2.24) is 9.66 Å². The van der Waals surface area contributed by atoms with Gasteiger partial charge in [-0.25, -0.2) is 9.66 Å². The molecule has 2 aromatic carbocycles. The maximum atomic E-state index is 12.4. The molecule has 6 nitrogen and oxygen atoms in total. The van der Waals surface area contributed by atoms with Crippen molar-refractivity contribution in [3.05, 3.63) is 70.3 Å². The van der Waals surface area contributed by atoms with E-state index in [1.807, 2.05) is 25.1 Å². The lowest BCUT2D eigenvalue weighted by molar-refractivity contribution is -0.119. The fraction of sp³-hybridized carbons (Fsp3) is 0.250. The van der Waals surface area contributed by atoms with Crippen molar-refractivity contribution in [2.45, 2.75) is 26.7 Å². The second kappa shape index (κ2) is 7.39. The SMILES string of the molecule is Cc1ccc(C(C)C)cc1OCC(=O)Nn1cnc2ccccc2c1=O. The lowest BCUT2D eigenvalue weighted by Crippen LogP contribution is -2.35. The first-order valence-corrected chi connectivity index (χ1v) is 8.45. The zero-order valence-electron chi connectivity index (χ0n) is 15.0. The van der Waals surface area contributed by atoms with Crippen LogP contribution in [0.2, 0.25) is 0 Å². The van der Waals surface area contributed by atoms with Crippen molar-refractivity contribution in [2.24, 2.45) is 0 Å². The number of rotatable bonds is 5. The Morgan fingerprint density at radius 3 is 2.77 bits per heavy atom. The Labute approximate surface area is 151 Å². The summed E-state index contributed by atoms with van der Waals surface area (Å²) >= 11 is 0. The molecule has 1 aromatic heterocycles. The van der Waals surface area contributed by atoms with Crippen LogP contribution in [0.15, 0.2) is 53.6 Å². The average molecular weight is 351 g/mol. The molecule has 0 radical (unpaired) electrons. The number of nitrogens with zero attached hydrogens (tertiary/aromatic N) is 2. The van der Waals surface area contributed by atoms with Gasteiger partial charge in [0.2, 0.25) is 0 Å². The molecule has 0 aliphatic rings. The lowest BCUT2D eigenvalue weighted by atomic mass is 10.0. The molecule has 0 atom stereocenters. The molecule has 0 saturated heterocycles. The third-order valence-electron chi connectivity index (χ3n) is 4.15. The average Bonchev–Trinajstić information content (AvgIpc) is 2.63. The maximum Gasteiger partial charge on any atom is 0.280 e. The summed E-state index contributed by atoms with van der Waals surface area (Å²) in [5.41, 5.74) is 4.85. The van der Waals surface area contributed by atoms with E-state index in [1.54, 1.807) is 24.3 Å². The van der Waals surface area contributed by atoms with Crippen molar-refractivity contribution >= 4 is 16.8 Å². The highest BCUT2D eigenvalue weighted by molar-refractivity contribution is 5.85. The summed E-state index contributed by atoms with van der Waals surface area (Å²) in [4.78, 5) is 28.7. The highest BCUT2D eigenvalue weighted by Gasteiger charge is 2.10. The van der Waals surface area contributed by atoms with Gasteiger partial charge >= 0.3 is 0 Å². The molecule has 0 spiro atoms. The summed E-state index contributed by atoms with van der Waals surface area (Å²) < 4.78 is 6.72. The van der Waals surface area contributed by atoms with E-state index < -0.39 is 5.91 Å². The van der Waals surface area contributed by atoms with Crippen LogP contribution in [0.25, 0.3) is 10.9 Å². The van der Waals surface area contributed by atoms with Gasteiger partial charge in [0.05, 0.1) is 10.9 Å². The van der Waals surface area contributed by atoms with Crippen LogP contribution in [0, 0.1) is 6.92 Å². The molecule has 26 heavy (non-hydrogen) atoms. The van der Waals surface area contributed by atoms with E-state index in [1.165, 1.54) is 6.33 Å². The largest absolute Gasteiger partial charge is 0.483 e. The summed E-state index contributed by atoms with van der Waals surface area (Å²) in [5.74, 6) is 0.600. The topological polar surface area (TPSA) is 73.2 Å². The Kier molecular flexibility index (Phi) is 5.02. The number of aromatic nitrogens is 2. The number of nitrogens with one attached hydrogen (secondary N) is 1. The Morgan fingerprint density at radius 1 is 1.23 bits per heavy atom. The standard InChI is InChI=1S/C20H21N3O3/c1-13(2)15-9-8-14(3)18(10-15)26-11-19(24)22-23-12-21-17-7-5-4-6-16(17)20(23)25/h4-10,12-13H,11H2,1-3H3,(H,22,24). The van der Waals surface area contributed by atoms with Gasteiger partial charge in [-0.3, -0.25) is 15.0 Å². The minimum Gasteiger partial charge on any atom is -0.483 e. The maximum absolute atomic E-state index is 12.4. The predicted octanol–water partition coefficient (Wildman–Crippen LogP) is 2.98. The first-order valence-electron chi connectivity index (χ1n) is 8.45. The number of aryl methyl sites for hydroxylation is 1. The Morgan fingerprint density at radius 2 is 2.00 bits per heavy atom. The molecule has 1 heterocycles. The fourth-order valence-electron chi connectivity index (χ4n) is 2.59. The van der Waals surface area contributed by atoms with Crippen LogP contribution in [0.4, 0.5) is 0 Å². The molecule has 0 fully saturated rings. The smallest absolute Gasteiger partial charge is 0.280 e. The normalized spacial score (nSPS) is 10.9. The number of amides is 1. The van der Waals surface area contributed by atoms with E-state index in [2.05, 4.69) is 24.3 Å². The molecule has 6 heteroatoms. The number of para-hydroxylation sites is 1. The van der Waals surface area contributed by atoms with E-state index in [0.717, 1.165) is 15.8 Å². The van der Waals surface area contributed by atoms with Gasteiger partial charge in [-0.1, -0.05) is 38.1 Å². The minimum absolute atomic E-state index is 0.193. The number of carbonyl (C=O) groups is 1. The summed E-state index contributed by atoms with van der Waals surface area (Å²) in [6.45, 7) is 5.93. The number of fused-ring (bicyclic) bond motifs is 1. The van der Waals surface area contributed by atoms with Crippen LogP contribution in [0.3, 0.4) is 0 Å². The molecule has 3 aromatic rings. The fourth-order valence-corrected chi connectivity index (χ4v) is 2.59. The number of hydrogen-bond acceptors (Lipinski definition) is 4. The van der Waals surface area contributed by atoms with Crippen molar-refractivity contribution < 1.29 is 9.53 Å². The number of ether oxygens (including phenoxy) is 1. The van der Waals surface area contributed by atoms with E-state index in [4.69, 9.17) is 4.74 Å². The van der Waals surface area contributed by atoms with Gasteiger partial charge in [0, 0.05) is 0 Å². The number of hydrogen-bond donors (Lipinski definition) is 1. The summed E-state index contributed by atoms with van der Waals surface area (Å²) in [5, 5.41) is 0.441. The van der Waals surface area contributed by atoms with Gasteiger partial charge in [-0.05, 0) is 42.2 Å². The summed E-state index contributed by atoms with van der Waals surface area (Å²) in [7, 11) is 0. The van der Waals surface area contributed by atoms with Gasteiger partial charge in [-0.2, -0.15) is 0 Å². The Bertz CT molecular complexity index is 1010. The quantitative estimate of drug-likeness (QED) is 0.767. The van der Waals surface area contributed by atoms with E-state index in [-0.39, 0.29) is 12.2 Å². The molecular weight excluding hydrogens is 330 g/mol. The Hall–Kier alpha value is -3.15. The third kappa shape index (κ3) is 3.74. The van der Waals surface area contributed by atoms with E-state index in [9.17, 15) is 9.59 Å². The highest BCUT2D eigenvalue weighted by atomic mass is 16.5. The van der Waals surface area contributed by atoms with Crippen molar-refractivity contribution in [3.8, 4) is 5.75 Å². The van der Waals surface area contributed by atoms with Gasteiger partial charge in [0.1, 0.15) is 12.1 Å². The van der Waals surface area contributed by atoms with Crippen LogP contribution >= 0.6 is 0 Å². The van der Waals surface area contributed by atoms with Gasteiger partial charge in [0.15, 0.2) is 6.61 Å². The molecule has 0 saturated carbocycles. The molecule has 134 valence electrons. The second-order valence-electron chi connectivity index (χ2n) is 6.44. The monoisotopic (exact) mass is 351 g/mol. The van der Waals surface area contributed by atoms with Crippen LogP contribution in [0.1, 0.15) is 30.9 Å². The Balaban J connectivity index is 1.71. The van der Waals surface area contributed by atoms with E-state index in [0.29, 0.717) is 22.6 Å². The molecule has 1 N–H and O–H groups in total. The zero-order chi connectivity index (χ0) is 18.7. The predicted molar refractivity (Wildman–Crippen MR) is 101 cm³/mol. The van der Waals surface area contributed by atoms with Gasteiger partial charge in [0.25, 0.3) is 11.5 Å². The number of carbonyl (C=O) groups excluding carboxylic acids is 1. The van der Waals surface area contributed by atoms with E-state index >= 15 is 0 Å². The first kappa shape index (κ1) is 17.7. The van der Waals surface area contributed by atoms with Gasteiger partial charge < -0.3 is 4.74 Å². The first-order chi connectivity index (χ1) is 12.5. The van der Waals surface area contributed by atoms with Crippen LogP contribution < -0.4 is 15.7 Å². The zero-order valence-corrected chi connectivity index (χ0v) is 15.0. The van der Waals surface area contributed by atoms with Crippen molar-refractivity contribution in [1.29, 1.82) is 0 Å². The van der Waals surface area contributed by atoms with Crippen molar-refractivity contribution in [3.63, 3.8) is 0 Å². The lowest BCUT2D eigenvalue weighted by Gasteiger charge is -2.13. The molecule has 3 rings (SSSR count). The van der Waals surface area contributed by atoms with Crippen LogP contribution in [-0.4, -0.2) is 22.2 Å². The second-order valence-corrected chi connectivity index (χ2v) is 6.44. The molecule has 0 unspecified atom stereocenters.